The number of carbonyl (C=O) groups excluding carboxylic acids is 1. The van der Waals surface area contributed by atoms with Gasteiger partial charge >= 0.3 is 5.97 Å². The molecule has 0 aliphatic heterocycles. The summed E-state index contributed by atoms with van der Waals surface area (Å²) in [6, 6.07) is 4.29. The largest absolute Gasteiger partial charge is 0.373 e. The van der Waals surface area contributed by atoms with Crippen molar-refractivity contribution in [1.82, 2.24) is 0 Å². The van der Waals surface area contributed by atoms with Crippen molar-refractivity contribution < 1.29 is 9.63 Å². The molecular weight excluding hydrogens is 246 g/mol. The summed E-state index contributed by atoms with van der Waals surface area (Å²) >= 11 is 1.82. The van der Waals surface area contributed by atoms with Gasteiger partial charge in [0, 0.05) is 16.2 Å². The van der Waals surface area contributed by atoms with E-state index in [1.54, 1.807) is 0 Å². The Hall–Kier alpha value is -0.580. The molecule has 1 heterocycles. The lowest BCUT2D eigenvalue weighted by Crippen LogP contribution is -2.09. The predicted octanol–water partition coefficient (Wildman–Crippen LogP) is 3.03. The maximum absolute atomic E-state index is 10.8. The minimum absolute atomic E-state index is 0. The quantitative estimate of drug-likeness (QED) is 0.831. The lowest BCUT2D eigenvalue weighted by atomic mass is 10.2. The van der Waals surface area contributed by atoms with Crippen LogP contribution in [0.15, 0.2) is 12.1 Å². The van der Waals surface area contributed by atoms with Crippen molar-refractivity contribution in [1.29, 1.82) is 0 Å². The fourth-order valence-corrected chi connectivity index (χ4v) is 2.36. The molecule has 0 amide bonds. The number of thiophene rings is 1. The Morgan fingerprint density at radius 3 is 2.69 bits per heavy atom. The Morgan fingerprint density at radius 2 is 2.19 bits per heavy atom. The second-order valence-corrected chi connectivity index (χ2v) is 5.00. The van der Waals surface area contributed by atoms with Crippen molar-refractivity contribution in [2.24, 2.45) is 5.90 Å². The van der Waals surface area contributed by atoms with E-state index in [9.17, 15) is 4.79 Å². The minimum atomic E-state index is -0.337. The van der Waals surface area contributed by atoms with Crippen molar-refractivity contribution >= 4 is 29.7 Å². The minimum Gasteiger partial charge on any atom is -0.373 e. The third-order valence-corrected chi connectivity index (χ3v) is 3.63. The summed E-state index contributed by atoms with van der Waals surface area (Å²) in [5.74, 6) is 4.99. The first kappa shape index (κ1) is 15.4. The summed E-state index contributed by atoms with van der Waals surface area (Å²) in [7, 11) is 0. The zero-order valence-corrected chi connectivity index (χ0v) is 11.2. The molecule has 0 bridgehead atoms. The Bertz CT molecular complexity index is 326. The summed E-state index contributed by atoms with van der Waals surface area (Å²) in [4.78, 5) is 17.6. The van der Waals surface area contributed by atoms with Crippen molar-refractivity contribution in [3.63, 3.8) is 0 Å². The molecule has 3 nitrogen and oxygen atoms in total. The van der Waals surface area contributed by atoms with Crippen LogP contribution < -0.4 is 5.90 Å². The highest BCUT2D eigenvalue weighted by molar-refractivity contribution is 7.12. The van der Waals surface area contributed by atoms with Gasteiger partial charge in [-0.15, -0.1) is 23.7 Å². The molecule has 0 saturated carbocycles. The fourth-order valence-electron chi connectivity index (χ4n) is 1.31. The Morgan fingerprint density at radius 1 is 1.50 bits per heavy atom. The van der Waals surface area contributed by atoms with Crippen LogP contribution in [0.3, 0.4) is 0 Å². The summed E-state index contributed by atoms with van der Waals surface area (Å²) in [5.41, 5.74) is 0. The first-order chi connectivity index (χ1) is 7.13. The van der Waals surface area contributed by atoms with Gasteiger partial charge in [-0.1, -0.05) is 13.8 Å². The second kappa shape index (κ2) is 7.65. The molecule has 0 aliphatic rings. The highest BCUT2D eigenvalue weighted by Crippen LogP contribution is 2.25. The molecule has 0 aromatic carbocycles. The van der Waals surface area contributed by atoms with E-state index in [4.69, 9.17) is 5.90 Å². The zero-order chi connectivity index (χ0) is 11.3. The number of hydrogen-bond donors (Lipinski definition) is 1. The van der Waals surface area contributed by atoms with E-state index < -0.39 is 0 Å². The van der Waals surface area contributed by atoms with E-state index >= 15 is 0 Å². The van der Waals surface area contributed by atoms with Gasteiger partial charge in [0.25, 0.3) is 0 Å². The van der Waals surface area contributed by atoms with Crippen LogP contribution in [-0.4, -0.2) is 5.97 Å². The van der Waals surface area contributed by atoms with Gasteiger partial charge in [0.05, 0.1) is 0 Å². The van der Waals surface area contributed by atoms with Gasteiger partial charge in [-0.3, -0.25) is 4.79 Å². The first-order valence-electron chi connectivity index (χ1n) is 5.11. The summed E-state index contributed by atoms with van der Waals surface area (Å²) in [5, 5.41) is 0. The average Bonchev–Trinajstić information content (AvgIpc) is 2.66. The molecule has 0 unspecified atom stereocenters. The van der Waals surface area contributed by atoms with Gasteiger partial charge in [0.15, 0.2) is 0 Å². The molecule has 16 heavy (non-hydrogen) atoms. The summed E-state index contributed by atoms with van der Waals surface area (Å²) < 4.78 is 0. The van der Waals surface area contributed by atoms with E-state index in [1.807, 2.05) is 11.3 Å². The first-order valence-corrected chi connectivity index (χ1v) is 5.93. The van der Waals surface area contributed by atoms with Crippen LogP contribution in [0.5, 0.6) is 0 Å². The highest BCUT2D eigenvalue weighted by Gasteiger charge is 2.05. The molecule has 5 heteroatoms. The van der Waals surface area contributed by atoms with Crippen LogP contribution in [-0.2, 0) is 16.1 Å². The third kappa shape index (κ3) is 4.96. The normalized spacial score (nSPS) is 10.0. The SMILES string of the molecule is CC(C)c1ccc(CCCC(=O)ON)s1.Cl. The second-order valence-electron chi connectivity index (χ2n) is 3.80. The van der Waals surface area contributed by atoms with Crippen LogP contribution in [0.4, 0.5) is 0 Å². The number of nitrogens with two attached hydrogens (primary N) is 1. The van der Waals surface area contributed by atoms with E-state index in [0.29, 0.717) is 12.3 Å². The van der Waals surface area contributed by atoms with Gasteiger partial charge in [0.2, 0.25) is 0 Å². The van der Waals surface area contributed by atoms with Crippen molar-refractivity contribution in [3.8, 4) is 0 Å². The van der Waals surface area contributed by atoms with Gasteiger partial charge in [-0.25, -0.2) is 0 Å². The number of halogens is 1. The molecule has 1 aromatic rings. The van der Waals surface area contributed by atoms with Crippen molar-refractivity contribution in [3.05, 3.63) is 21.9 Å². The Labute approximate surface area is 106 Å². The van der Waals surface area contributed by atoms with E-state index in [1.165, 1.54) is 9.75 Å². The molecule has 0 radical (unpaired) electrons. The smallest absolute Gasteiger partial charge is 0.324 e. The number of carbonyl (C=O) groups is 1. The summed E-state index contributed by atoms with van der Waals surface area (Å²) in [6.07, 6.45) is 2.12. The number of aryl methyl sites for hydroxylation is 1. The van der Waals surface area contributed by atoms with E-state index in [-0.39, 0.29) is 18.4 Å². The predicted molar refractivity (Wildman–Crippen MR) is 68.9 cm³/mol. The van der Waals surface area contributed by atoms with Crippen molar-refractivity contribution in [2.45, 2.75) is 39.0 Å². The van der Waals surface area contributed by atoms with Gasteiger partial charge in [0.1, 0.15) is 0 Å². The topological polar surface area (TPSA) is 52.3 Å². The molecule has 0 atom stereocenters. The molecule has 2 N–H and O–H groups in total. The van der Waals surface area contributed by atoms with Crippen LogP contribution in [0, 0.1) is 0 Å². The number of hydrogen-bond acceptors (Lipinski definition) is 4. The summed E-state index contributed by atoms with van der Waals surface area (Å²) in [6.45, 7) is 4.36. The van der Waals surface area contributed by atoms with Crippen LogP contribution in [0.2, 0.25) is 0 Å². The van der Waals surface area contributed by atoms with Gasteiger partial charge < -0.3 is 4.84 Å². The van der Waals surface area contributed by atoms with Crippen LogP contribution >= 0.6 is 23.7 Å². The maximum Gasteiger partial charge on any atom is 0.324 e. The molecule has 92 valence electrons. The monoisotopic (exact) mass is 263 g/mol. The molecule has 0 spiro atoms. The maximum atomic E-state index is 10.8. The average molecular weight is 264 g/mol. The molecule has 0 saturated heterocycles. The molecular formula is C11H18ClNO2S. The van der Waals surface area contributed by atoms with Crippen LogP contribution in [0.25, 0.3) is 0 Å². The van der Waals surface area contributed by atoms with E-state index in [2.05, 4.69) is 30.8 Å². The molecule has 1 aromatic heterocycles. The highest BCUT2D eigenvalue weighted by atomic mass is 35.5. The zero-order valence-electron chi connectivity index (χ0n) is 9.56. The lowest BCUT2D eigenvalue weighted by Gasteiger charge is -1.99. The van der Waals surface area contributed by atoms with E-state index in [0.717, 1.165) is 12.8 Å². The van der Waals surface area contributed by atoms with Gasteiger partial charge in [-0.2, -0.15) is 5.90 Å². The fraction of sp³-hybridized carbons (Fsp3) is 0.545. The Kier molecular flexibility index (Phi) is 7.38. The van der Waals surface area contributed by atoms with Gasteiger partial charge in [-0.05, 0) is 30.9 Å². The van der Waals surface area contributed by atoms with Crippen molar-refractivity contribution in [2.75, 3.05) is 0 Å². The third-order valence-electron chi connectivity index (χ3n) is 2.19. The molecule has 1 rings (SSSR count). The lowest BCUT2D eigenvalue weighted by molar-refractivity contribution is -0.144. The molecule has 0 aliphatic carbocycles. The standard InChI is InChI=1S/C11H17NO2S.ClH/c1-8(2)10-7-6-9(15-10)4-3-5-11(13)14-12;/h6-8H,3-5,12H2,1-2H3;1H. The molecule has 0 fully saturated rings. The van der Waals surface area contributed by atoms with Crippen LogP contribution in [0.1, 0.15) is 42.4 Å². The Balaban J connectivity index is 0.00000225. The number of rotatable bonds is 5.